The molecule has 0 aliphatic carbocycles. The maximum Gasteiger partial charge on any atom is 0.408 e. The molecule has 0 fully saturated rings. The van der Waals surface area contributed by atoms with Crippen LogP contribution in [0.2, 0.25) is 0 Å². The van der Waals surface area contributed by atoms with Crippen LogP contribution in [0, 0.1) is 0 Å². The van der Waals surface area contributed by atoms with E-state index in [1.807, 2.05) is 0 Å². The summed E-state index contributed by atoms with van der Waals surface area (Å²) in [6, 6.07) is 2.62. The average molecular weight is 381 g/mol. The number of aliphatic carboxylic acids is 1. The van der Waals surface area contributed by atoms with Gasteiger partial charge in [0.05, 0.1) is 5.56 Å². The van der Waals surface area contributed by atoms with Crippen molar-refractivity contribution >= 4 is 18.0 Å². The number of benzene rings is 1. The molecule has 1 atom stereocenters. The van der Waals surface area contributed by atoms with Crippen LogP contribution in [0.1, 0.15) is 57.5 Å². The molecule has 8 nitrogen and oxygen atoms in total. The first-order valence-corrected chi connectivity index (χ1v) is 8.45. The molecule has 0 spiro atoms. The van der Waals surface area contributed by atoms with Crippen LogP contribution in [-0.2, 0) is 20.7 Å². The van der Waals surface area contributed by atoms with Gasteiger partial charge in [0.2, 0.25) is 0 Å². The molecular weight excluding hydrogens is 354 g/mol. The van der Waals surface area contributed by atoms with Crippen LogP contribution in [0.25, 0.3) is 0 Å². The molecule has 0 heterocycles. The highest BCUT2D eigenvalue weighted by atomic mass is 16.6. The van der Waals surface area contributed by atoms with Gasteiger partial charge in [-0.25, -0.2) is 14.4 Å². The SMILES string of the molecule is CC(C)(C)OC(=O)N[C@@H](Cc1ccc(O)cc1C(=O)OC(C)(C)C)C(=O)O. The number of aromatic hydroxyl groups is 1. The normalized spacial score (nSPS) is 12.8. The zero-order chi connectivity index (χ0) is 21.0. The summed E-state index contributed by atoms with van der Waals surface area (Å²) >= 11 is 0. The van der Waals surface area contributed by atoms with Gasteiger partial charge in [0, 0.05) is 6.42 Å². The Morgan fingerprint density at radius 2 is 1.59 bits per heavy atom. The standard InChI is InChI=1S/C19H27NO7/c1-18(2,3)26-16(24)13-10-12(21)8-7-11(13)9-14(15(22)23)20-17(25)27-19(4,5)6/h7-8,10,14,21H,9H2,1-6H3,(H,20,25)(H,22,23)/t14-/m0/s1. The molecular formula is C19H27NO7. The predicted molar refractivity (Wildman–Crippen MR) is 97.8 cm³/mol. The van der Waals surface area contributed by atoms with Crippen LogP contribution in [0.5, 0.6) is 5.75 Å². The van der Waals surface area contributed by atoms with E-state index in [2.05, 4.69) is 5.32 Å². The van der Waals surface area contributed by atoms with Crippen LogP contribution >= 0.6 is 0 Å². The van der Waals surface area contributed by atoms with E-state index in [1.165, 1.54) is 18.2 Å². The van der Waals surface area contributed by atoms with Gasteiger partial charge in [-0.3, -0.25) is 0 Å². The van der Waals surface area contributed by atoms with Crippen molar-refractivity contribution in [2.24, 2.45) is 0 Å². The molecule has 0 unspecified atom stereocenters. The number of esters is 1. The lowest BCUT2D eigenvalue weighted by Crippen LogP contribution is -2.44. The Bertz CT molecular complexity index is 714. The van der Waals surface area contributed by atoms with E-state index in [-0.39, 0.29) is 17.7 Å². The number of rotatable bonds is 5. The molecule has 0 saturated heterocycles. The Labute approximate surface area is 158 Å². The van der Waals surface area contributed by atoms with Gasteiger partial charge in [-0.05, 0) is 59.2 Å². The van der Waals surface area contributed by atoms with Gasteiger partial charge >= 0.3 is 18.0 Å². The Balaban J connectivity index is 3.07. The fourth-order valence-corrected chi connectivity index (χ4v) is 2.14. The first kappa shape index (κ1) is 22.3. The molecule has 0 aromatic heterocycles. The number of amides is 1. The van der Waals surface area contributed by atoms with Gasteiger partial charge in [-0.2, -0.15) is 0 Å². The van der Waals surface area contributed by atoms with Crippen molar-refractivity contribution in [3.8, 4) is 5.75 Å². The molecule has 0 saturated carbocycles. The Kier molecular flexibility index (Phi) is 6.83. The molecule has 150 valence electrons. The van der Waals surface area contributed by atoms with Gasteiger partial charge in [0.1, 0.15) is 23.0 Å². The van der Waals surface area contributed by atoms with E-state index in [9.17, 15) is 24.6 Å². The van der Waals surface area contributed by atoms with Gasteiger partial charge < -0.3 is 25.0 Å². The molecule has 0 aliphatic heterocycles. The summed E-state index contributed by atoms with van der Waals surface area (Å²) in [7, 11) is 0. The predicted octanol–water partition coefficient (Wildman–Crippen LogP) is 2.87. The van der Waals surface area contributed by atoms with E-state index >= 15 is 0 Å². The quantitative estimate of drug-likeness (QED) is 0.670. The minimum atomic E-state index is -1.33. The summed E-state index contributed by atoms with van der Waals surface area (Å²) in [5.41, 5.74) is -1.21. The number of phenolic OH excluding ortho intramolecular Hbond substituents is 1. The largest absolute Gasteiger partial charge is 0.508 e. The Morgan fingerprint density at radius 1 is 1.04 bits per heavy atom. The number of carboxylic acids is 1. The minimum absolute atomic E-state index is 0.0298. The molecule has 1 aromatic rings. The van der Waals surface area contributed by atoms with Gasteiger partial charge in [0.15, 0.2) is 0 Å². The third kappa shape index (κ3) is 7.98. The smallest absolute Gasteiger partial charge is 0.408 e. The molecule has 0 radical (unpaired) electrons. The second-order valence-electron chi connectivity index (χ2n) is 8.08. The van der Waals surface area contributed by atoms with Crippen LogP contribution in [0.4, 0.5) is 4.79 Å². The highest BCUT2D eigenvalue weighted by Gasteiger charge is 2.27. The van der Waals surface area contributed by atoms with Crippen molar-refractivity contribution in [1.29, 1.82) is 0 Å². The van der Waals surface area contributed by atoms with Crippen LogP contribution in [-0.4, -0.2) is 45.5 Å². The number of hydrogen-bond donors (Lipinski definition) is 3. The number of alkyl carbamates (subject to hydrolysis) is 1. The molecule has 27 heavy (non-hydrogen) atoms. The third-order valence-electron chi connectivity index (χ3n) is 3.13. The number of carbonyl (C=O) groups is 3. The van der Waals surface area contributed by atoms with E-state index in [0.29, 0.717) is 5.56 Å². The molecule has 1 aromatic carbocycles. The van der Waals surface area contributed by atoms with Crippen LogP contribution in [0.15, 0.2) is 18.2 Å². The van der Waals surface area contributed by atoms with Crippen molar-refractivity contribution in [2.75, 3.05) is 0 Å². The summed E-state index contributed by atoms with van der Waals surface area (Å²) in [6.45, 7) is 10.0. The molecule has 1 rings (SSSR count). The molecule has 8 heteroatoms. The summed E-state index contributed by atoms with van der Waals surface area (Å²) in [4.78, 5) is 35.8. The van der Waals surface area contributed by atoms with E-state index in [4.69, 9.17) is 9.47 Å². The highest BCUT2D eigenvalue weighted by Crippen LogP contribution is 2.22. The van der Waals surface area contributed by atoms with Crippen molar-refractivity contribution in [3.05, 3.63) is 29.3 Å². The second-order valence-corrected chi connectivity index (χ2v) is 8.08. The maximum atomic E-state index is 12.4. The number of carboxylic acid groups (broad SMARTS) is 1. The van der Waals surface area contributed by atoms with E-state index in [0.717, 1.165) is 0 Å². The van der Waals surface area contributed by atoms with Crippen LogP contribution < -0.4 is 5.32 Å². The zero-order valence-corrected chi connectivity index (χ0v) is 16.5. The first-order chi connectivity index (χ1) is 12.2. The van der Waals surface area contributed by atoms with Gasteiger partial charge in [0.25, 0.3) is 0 Å². The Hall–Kier alpha value is -2.77. The fourth-order valence-electron chi connectivity index (χ4n) is 2.14. The number of hydrogen-bond acceptors (Lipinski definition) is 6. The first-order valence-electron chi connectivity index (χ1n) is 8.45. The van der Waals surface area contributed by atoms with Gasteiger partial charge in [-0.1, -0.05) is 6.07 Å². The number of ether oxygens (including phenoxy) is 2. The lowest BCUT2D eigenvalue weighted by Gasteiger charge is -2.23. The zero-order valence-electron chi connectivity index (χ0n) is 16.5. The molecule has 0 aliphatic rings. The second kappa shape index (κ2) is 8.28. The third-order valence-corrected chi connectivity index (χ3v) is 3.13. The lowest BCUT2D eigenvalue weighted by atomic mass is 9.99. The topological polar surface area (TPSA) is 122 Å². The number of nitrogens with one attached hydrogen (secondary N) is 1. The van der Waals surface area contributed by atoms with E-state index < -0.39 is 35.3 Å². The molecule has 0 bridgehead atoms. The number of carbonyl (C=O) groups excluding carboxylic acids is 2. The van der Waals surface area contributed by atoms with Crippen molar-refractivity contribution in [1.82, 2.24) is 5.32 Å². The fraction of sp³-hybridized carbons (Fsp3) is 0.526. The maximum absolute atomic E-state index is 12.4. The van der Waals surface area contributed by atoms with Crippen molar-refractivity contribution in [3.63, 3.8) is 0 Å². The van der Waals surface area contributed by atoms with Crippen LogP contribution in [0.3, 0.4) is 0 Å². The van der Waals surface area contributed by atoms with Gasteiger partial charge in [-0.15, -0.1) is 0 Å². The highest BCUT2D eigenvalue weighted by molar-refractivity contribution is 5.92. The number of phenols is 1. The lowest BCUT2D eigenvalue weighted by molar-refractivity contribution is -0.139. The average Bonchev–Trinajstić information content (AvgIpc) is 2.44. The Morgan fingerprint density at radius 3 is 2.07 bits per heavy atom. The minimum Gasteiger partial charge on any atom is -0.508 e. The van der Waals surface area contributed by atoms with Crippen molar-refractivity contribution < 1.29 is 34.1 Å². The van der Waals surface area contributed by atoms with E-state index in [1.54, 1.807) is 41.5 Å². The summed E-state index contributed by atoms with van der Waals surface area (Å²) in [6.07, 6.45) is -1.07. The molecule has 1 amide bonds. The molecule has 3 N–H and O–H groups in total. The summed E-state index contributed by atoms with van der Waals surface area (Å²) in [5, 5.41) is 21.4. The monoisotopic (exact) mass is 381 g/mol. The summed E-state index contributed by atoms with van der Waals surface area (Å²) in [5.74, 6) is -2.15. The summed E-state index contributed by atoms with van der Waals surface area (Å²) < 4.78 is 10.4. The van der Waals surface area contributed by atoms with Crippen molar-refractivity contribution in [2.45, 2.75) is 65.2 Å².